The second-order valence-corrected chi connectivity index (χ2v) is 6.85. The normalized spacial score (nSPS) is 15.1. The van der Waals surface area contributed by atoms with E-state index in [0.717, 1.165) is 22.6 Å². The van der Waals surface area contributed by atoms with Crippen LogP contribution in [0, 0.1) is 13.8 Å². The number of carbonyl (C=O) groups excluding carboxylic acids is 1. The summed E-state index contributed by atoms with van der Waals surface area (Å²) in [4.78, 5) is 14.5. The number of amides is 1. The third kappa shape index (κ3) is 4.02. The molecule has 0 radical (unpaired) electrons. The molecular weight excluding hydrogens is 372 g/mol. The predicted molar refractivity (Wildman–Crippen MR) is 116 cm³/mol. The number of carbonyl (C=O) groups is 1. The van der Waals surface area contributed by atoms with Gasteiger partial charge in [0.1, 0.15) is 17.2 Å². The molecule has 1 saturated heterocycles. The molecule has 0 bridgehead atoms. The first-order chi connectivity index (χ1) is 13.4. The van der Waals surface area contributed by atoms with Crippen LogP contribution in [-0.2, 0) is 4.79 Å². The van der Waals surface area contributed by atoms with Gasteiger partial charge in [0, 0.05) is 11.6 Å². The van der Waals surface area contributed by atoms with E-state index in [2.05, 4.69) is 5.32 Å². The molecule has 0 aliphatic carbocycles. The monoisotopic (exact) mass is 396 g/mol. The van der Waals surface area contributed by atoms with Crippen LogP contribution in [0.5, 0.6) is 11.5 Å². The van der Waals surface area contributed by atoms with Crippen molar-refractivity contribution in [1.82, 2.24) is 5.32 Å². The molecule has 6 heteroatoms. The van der Waals surface area contributed by atoms with E-state index in [1.807, 2.05) is 64.1 Å². The van der Waals surface area contributed by atoms with Crippen LogP contribution < -0.4 is 19.7 Å². The van der Waals surface area contributed by atoms with Crippen molar-refractivity contribution in [2.75, 3.05) is 18.1 Å². The van der Waals surface area contributed by atoms with Gasteiger partial charge in [0.15, 0.2) is 5.11 Å². The molecule has 1 heterocycles. The van der Waals surface area contributed by atoms with E-state index in [1.165, 1.54) is 10.5 Å². The van der Waals surface area contributed by atoms with Crippen LogP contribution in [0.2, 0.25) is 0 Å². The van der Waals surface area contributed by atoms with Crippen LogP contribution in [-0.4, -0.2) is 24.2 Å². The lowest BCUT2D eigenvalue weighted by molar-refractivity contribution is -0.113. The minimum absolute atomic E-state index is 0.190. The Morgan fingerprint density at radius 1 is 1.04 bits per heavy atom. The molecule has 1 aliphatic heterocycles. The maximum absolute atomic E-state index is 13.0. The second-order valence-electron chi connectivity index (χ2n) is 6.46. The van der Waals surface area contributed by atoms with E-state index in [-0.39, 0.29) is 5.91 Å². The van der Waals surface area contributed by atoms with E-state index in [1.54, 1.807) is 6.08 Å². The lowest BCUT2D eigenvalue weighted by Crippen LogP contribution is -2.30. The van der Waals surface area contributed by atoms with Gasteiger partial charge >= 0.3 is 0 Å². The molecule has 1 amide bonds. The first kappa shape index (κ1) is 19.9. The first-order valence-electron chi connectivity index (χ1n) is 9.28. The number of benzene rings is 2. The fraction of sp³-hybridized carbons (Fsp3) is 0.273. The quantitative estimate of drug-likeness (QED) is 0.581. The molecule has 5 nitrogen and oxygen atoms in total. The minimum atomic E-state index is -0.190. The predicted octanol–water partition coefficient (Wildman–Crippen LogP) is 4.36. The minimum Gasteiger partial charge on any atom is -0.494 e. The van der Waals surface area contributed by atoms with Crippen LogP contribution in [0.3, 0.4) is 0 Å². The fourth-order valence-corrected chi connectivity index (χ4v) is 3.26. The van der Waals surface area contributed by atoms with Gasteiger partial charge in [-0.15, -0.1) is 0 Å². The Kier molecular flexibility index (Phi) is 5.99. The summed E-state index contributed by atoms with van der Waals surface area (Å²) in [6.07, 6.45) is 1.76. The summed E-state index contributed by atoms with van der Waals surface area (Å²) in [6.45, 7) is 8.99. The summed E-state index contributed by atoms with van der Waals surface area (Å²) in [5.41, 5.74) is 4.22. The summed E-state index contributed by atoms with van der Waals surface area (Å²) in [5.74, 6) is 1.20. The average molecular weight is 397 g/mol. The molecule has 0 unspecified atom stereocenters. The summed E-state index contributed by atoms with van der Waals surface area (Å²) in [7, 11) is 0. The highest BCUT2D eigenvalue weighted by molar-refractivity contribution is 7.80. The van der Waals surface area contributed by atoms with Gasteiger partial charge in [-0.3, -0.25) is 9.69 Å². The largest absolute Gasteiger partial charge is 0.494 e. The van der Waals surface area contributed by atoms with Crippen molar-refractivity contribution in [3.05, 3.63) is 58.8 Å². The Hall–Kier alpha value is -2.86. The molecule has 1 N–H and O–H groups in total. The summed E-state index contributed by atoms with van der Waals surface area (Å²) in [5, 5.41) is 3.39. The number of ether oxygens (including phenoxy) is 2. The highest BCUT2D eigenvalue weighted by Gasteiger charge is 2.32. The highest BCUT2D eigenvalue weighted by atomic mass is 32.1. The molecule has 28 heavy (non-hydrogen) atoms. The SMILES string of the molecule is CCOc1ccc(/C=C2/NC(=S)N(c3ccc(C)c(C)c3)C2=O)c(OCC)c1. The Morgan fingerprint density at radius 2 is 1.79 bits per heavy atom. The van der Waals surface area contributed by atoms with Gasteiger partial charge in [-0.25, -0.2) is 0 Å². The third-order valence-electron chi connectivity index (χ3n) is 4.52. The smallest absolute Gasteiger partial charge is 0.281 e. The fourth-order valence-electron chi connectivity index (χ4n) is 2.96. The lowest BCUT2D eigenvalue weighted by atomic mass is 10.1. The zero-order chi connectivity index (χ0) is 20.3. The molecule has 0 atom stereocenters. The van der Waals surface area contributed by atoms with Gasteiger partial charge < -0.3 is 14.8 Å². The van der Waals surface area contributed by atoms with Gasteiger partial charge in [0.05, 0.1) is 18.9 Å². The number of nitrogens with one attached hydrogen (secondary N) is 1. The average Bonchev–Trinajstić information content (AvgIpc) is 2.93. The van der Waals surface area contributed by atoms with Crippen molar-refractivity contribution in [1.29, 1.82) is 0 Å². The molecule has 2 aromatic carbocycles. The van der Waals surface area contributed by atoms with Gasteiger partial charge in [0.25, 0.3) is 5.91 Å². The van der Waals surface area contributed by atoms with Crippen LogP contribution >= 0.6 is 12.2 Å². The van der Waals surface area contributed by atoms with Gasteiger partial charge in [-0.05, 0) is 81.4 Å². The maximum atomic E-state index is 13.0. The molecule has 3 rings (SSSR count). The zero-order valence-electron chi connectivity index (χ0n) is 16.5. The Labute approximate surface area is 170 Å². The van der Waals surface area contributed by atoms with Gasteiger partial charge in [-0.1, -0.05) is 6.07 Å². The van der Waals surface area contributed by atoms with Crippen molar-refractivity contribution in [2.45, 2.75) is 27.7 Å². The molecular formula is C22H24N2O3S. The molecule has 1 aliphatic rings. The van der Waals surface area contributed by atoms with Crippen molar-refractivity contribution >= 4 is 35.0 Å². The van der Waals surface area contributed by atoms with Gasteiger partial charge in [0.2, 0.25) is 0 Å². The standard InChI is InChI=1S/C22H24N2O3S/c1-5-26-18-10-8-16(20(13-18)27-6-2)12-19-21(25)24(22(28)23-19)17-9-7-14(3)15(4)11-17/h7-13H,5-6H2,1-4H3,(H,23,28)/b19-12+. The van der Waals surface area contributed by atoms with Crippen LogP contribution in [0.15, 0.2) is 42.1 Å². The second kappa shape index (κ2) is 8.44. The number of rotatable bonds is 6. The van der Waals surface area contributed by atoms with E-state index >= 15 is 0 Å². The molecule has 0 saturated carbocycles. The van der Waals surface area contributed by atoms with Gasteiger partial charge in [-0.2, -0.15) is 0 Å². The van der Waals surface area contributed by atoms with Crippen LogP contribution in [0.25, 0.3) is 6.08 Å². The number of anilines is 1. The van der Waals surface area contributed by atoms with E-state index in [4.69, 9.17) is 21.7 Å². The number of hydrogen-bond donors (Lipinski definition) is 1. The molecule has 0 aromatic heterocycles. The van der Waals surface area contributed by atoms with E-state index in [9.17, 15) is 4.79 Å². The van der Waals surface area contributed by atoms with Crippen molar-refractivity contribution in [3.8, 4) is 11.5 Å². The Morgan fingerprint density at radius 3 is 2.46 bits per heavy atom. The highest BCUT2D eigenvalue weighted by Crippen LogP contribution is 2.29. The number of nitrogens with zero attached hydrogens (tertiary/aromatic N) is 1. The molecule has 146 valence electrons. The van der Waals surface area contributed by atoms with Crippen LogP contribution in [0.1, 0.15) is 30.5 Å². The van der Waals surface area contributed by atoms with Crippen LogP contribution in [0.4, 0.5) is 5.69 Å². The first-order valence-corrected chi connectivity index (χ1v) is 9.69. The van der Waals surface area contributed by atoms with Crippen molar-refractivity contribution in [2.24, 2.45) is 0 Å². The summed E-state index contributed by atoms with van der Waals surface area (Å²) >= 11 is 5.41. The Bertz CT molecular complexity index is 953. The van der Waals surface area contributed by atoms with E-state index < -0.39 is 0 Å². The topological polar surface area (TPSA) is 50.8 Å². The summed E-state index contributed by atoms with van der Waals surface area (Å²) < 4.78 is 11.3. The molecule has 0 spiro atoms. The number of thiocarbonyl (C=S) groups is 1. The molecule has 2 aromatic rings. The van der Waals surface area contributed by atoms with E-state index in [0.29, 0.717) is 29.8 Å². The number of hydrogen-bond acceptors (Lipinski definition) is 4. The third-order valence-corrected chi connectivity index (χ3v) is 4.81. The number of aryl methyl sites for hydroxylation is 2. The zero-order valence-corrected chi connectivity index (χ0v) is 17.4. The molecule has 1 fully saturated rings. The van der Waals surface area contributed by atoms with Crippen molar-refractivity contribution in [3.63, 3.8) is 0 Å². The summed E-state index contributed by atoms with van der Waals surface area (Å²) in [6, 6.07) is 11.4. The maximum Gasteiger partial charge on any atom is 0.281 e. The Balaban J connectivity index is 1.94. The lowest BCUT2D eigenvalue weighted by Gasteiger charge is -2.15. The van der Waals surface area contributed by atoms with Crippen molar-refractivity contribution < 1.29 is 14.3 Å².